The number of para-hydroxylation sites is 1. The molecule has 2 heteroatoms. The highest BCUT2D eigenvalue weighted by Gasteiger charge is 2.19. The summed E-state index contributed by atoms with van der Waals surface area (Å²) in [7, 11) is 0. The van der Waals surface area contributed by atoms with Crippen LogP contribution in [0.5, 0.6) is 5.75 Å². The Balaban J connectivity index is 2.32. The summed E-state index contributed by atoms with van der Waals surface area (Å²) >= 11 is 0. The van der Waals surface area contributed by atoms with E-state index in [2.05, 4.69) is 13.0 Å². The lowest BCUT2D eigenvalue weighted by molar-refractivity contribution is 0.171. The van der Waals surface area contributed by atoms with Gasteiger partial charge in [-0.1, -0.05) is 19.1 Å². The van der Waals surface area contributed by atoms with Crippen LogP contribution in [0.25, 0.3) is 0 Å². The van der Waals surface area contributed by atoms with Crippen LogP contribution in [0.3, 0.4) is 0 Å². The molecule has 2 nitrogen and oxygen atoms in total. The lowest BCUT2D eigenvalue weighted by Gasteiger charge is -2.26. The Morgan fingerprint density at radius 1 is 1.54 bits per heavy atom. The third kappa shape index (κ3) is 1.48. The van der Waals surface area contributed by atoms with Crippen LogP contribution in [-0.4, -0.2) is 6.10 Å². The van der Waals surface area contributed by atoms with E-state index < -0.39 is 0 Å². The number of anilines is 1. The molecule has 1 heterocycles. The molecule has 13 heavy (non-hydrogen) atoms. The number of benzene rings is 1. The van der Waals surface area contributed by atoms with Crippen molar-refractivity contribution in [2.75, 3.05) is 5.73 Å². The molecule has 0 radical (unpaired) electrons. The Bertz CT molecular complexity index is 309. The molecule has 0 aliphatic carbocycles. The normalized spacial score (nSPS) is 20.5. The first-order valence-corrected chi connectivity index (χ1v) is 4.85. The van der Waals surface area contributed by atoms with Gasteiger partial charge < -0.3 is 10.5 Å². The summed E-state index contributed by atoms with van der Waals surface area (Å²) < 4.78 is 5.79. The Labute approximate surface area is 78.7 Å². The number of fused-ring (bicyclic) bond motifs is 1. The van der Waals surface area contributed by atoms with Gasteiger partial charge in [-0.15, -0.1) is 0 Å². The van der Waals surface area contributed by atoms with Gasteiger partial charge in [0.1, 0.15) is 5.75 Å². The fourth-order valence-electron chi connectivity index (χ4n) is 1.77. The smallest absolute Gasteiger partial charge is 0.145 e. The van der Waals surface area contributed by atoms with Crippen LogP contribution in [-0.2, 0) is 6.42 Å². The van der Waals surface area contributed by atoms with Crippen LogP contribution in [0.1, 0.15) is 25.3 Å². The summed E-state index contributed by atoms with van der Waals surface area (Å²) in [5, 5.41) is 0. The molecule has 0 saturated heterocycles. The first-order chi connectivity index (χ1) is 6.31. The highest BCUT2D eigenvalue weighted by Crippen LogP contribution is 2.33. The van der Waals surface area contributed by atoms with Crippen LogP contribution in [0.2, 0.25) is 0 Å². The number of ether oxygens (including phenoxy) is 1. The van der Waals surface area contributed by atoms with E-state index in [9.17, 15) is 0 Å². The van der Waals surface area contributed by atoms with Gasteiger partial charge in [0.05, 0.1) is 11.8 Å². The van der Waals surface area contributed by atoms with Crippen molar-refractivity contribution in [1.82, 2.24) is 0 Å². The first kappa shape index (κ1) is 8.42. The fourth-order valence-corrected chi connectivity index (χ4v) is 1.77. The second kappa shape index (κ2) is 3.29. The molecule has 0 saturated carbocycles. The zero-order valence-corrected chi connectivity index (χ0v) is 7.92. The monoisotopic (exact) mass is 177 g/mol. The van der Waals surface area contributed by atoms with Crippen molar-refractivity contribution in [1.29, 1.82) is 0 Å². The van der Waals surface area contributed by atoms with Gasteiger partial charge in [0.25, 0.3) is 0 Å². The minimum Gasteiger partial charge on any atom is -0.488 e. The standard InChI is InChI=1S/C11H15NO/c1-2-9-7-6-8-4-3-5-10(12)11(8)13-9/h3-5,9H,2,6-7,12H2,1H3. The van der Waals surface area contributed by atoms with E-state index >= 15 is 0 Å². The first-order valence-electron chi connectivity index (χ1n) is 4.85. The topological polar surface area (TPSA) is 35.2 Å². The number of hydrogen-bond donors (Lipinski definition) is 1. The lowest BCUT2D eigenvalue weighted by atomic mass is 10.0. The molecule has 1 aromatic rings. The number of nitrogens with two attached hydrogens (primary N) is 1. The zero-order valence-electron chi connectivity index (χ0n) is 7.92. The molecule has 0 bridgehead atoms. The van der Waals surface area contributed by atoms with E-state index in [1.54, 1.807) is 0 Å². The van der Waals surface area contributed by atoms with E-state index in [-0.39, 0.29) is 0 Å². The summed E-state index contributed by atoms with van der Waals surface area (Å²) in [5.41, 5.74) is 7.86. The SMILES string of the molecule is CCC1CCc2cccc(N)c2O1. The average Bonchev–Trinajstić information content (AvgIpc) is 2.18. The predicted molar refractivity (Wildman–Crippen MR) is 53.9 cm³/mol. The third-order valence-corrected chi connectivity index (χ3v) is 2.60. The number of hydrogen-bond acceptors (Lipinski definition) is 2. The lowest BCUT2D eigenvalue weighted by Crippen LogP contribution is -2.22. The number of aryl methyl sites for hydroxylation is 1. The van der Waals surface area contributed by atoms with E-state index in [4.69, 9.17) is 10.5 Å². The Morgan fingerprint density at radius 2 is 2.38 bits per heavy atom. The molecule has 0 spiro atoms. The van der Waals surface area contributed by atoms with Gasteiger partial charge >= 0.3 is 0 Å². The molecule has 70 valence electrons. The summed E-state index contributed by atoms with van der Waals surface area (Å²) in [6, 6.07) is 5.98. The minimum atomic E-state index is 0.359. The van der Waals surface area contributed by atoms with Crippen LogP contribution in [0.4, 0.5) is 5.69 Å². The minimum absolute atomic E-state index is 0.359. The average molecular weight is 177 g/mol. The largest absolute Gasteiger partial charge is 0.488 e. The molecule has 1 aliphatic rings. The van der Waals surface area contributed by atoms with Crippen molar-refractivity contribution in [2.24, 2.45) is 0 Å². The highest BCUT2D eigenvalue weighted by atomic mass is 16.5. The maximum Gasteiger partial charge on any atom is 0.145 e. The van der Waals surface area contributed by atoms with Crippen molar-refractivity contribution in [2.45, 2.75) is 32.3 Å². The van der Waals surface area contributed by atoms with Crippen molar-refractivity contribution in [3.05, 3.63) is 23.8 Å². The van der Waals surface area contributed by atoms with Crippen LogP contribution in [0.15, 0.2) is 18.2 Å². The van der Waals surface area contributed by atoms with E-state index in [0.717, 1.165) is 30.7 Å². The molecule has 2 rings (SSSR count). The Kier molecular flexibility index (Phi) is 2.13. The van der Waals surface area contributed by atoms with Crippen LogP contribution >= 0.6 is 0 Å². The molecule has 1 unspecified atom stereocenters. The predicted octanol–water partition coefficient (Wildman–Crippen LogP) is 2.37. The summed E-state index contributed by atoms with van der Waals surface area (Å²) in [5.74, 6) is 0.917. The van der Waals surface area contributed by atoms with Gasteiger partial charge in [0.15, 0.2) is 0 Å². The van der Waals surface area contributed by atoms with Gasteiger partial charge in [-0.25, -0.2) is 0 Å². The van der Waals surface area contributed by atoms with Crippen LogP contribution < -0.4 is 10.5 Å². The maximum atomic E-state index is 5.83. The van der Waals surface area contributed by atoms with Gasteiger partial charge in [0, 0.05) is 0 Å². The van der Waals surface area contributed by atoms with Gasteiger partial charge in [-0.2, -0.15) is 0 Å². The van der Waals surface area contributed by atoms with Crippen molar-refractivity contribution in [3.63, 3.8) is 0 Å². The number of rotatable bonds is 1. The Morgan fingerprint density at radius 3 is 3.15 bits per heavy atom. The quantitative estimate of drug-likeness (QED) is 0.668. The summed E-state index contributed by atoms with van der Waals surface area (Å²) in [6.45, 7) is 2.15. The molecular weight excluding hydrogens is 162 g/mol. The molecule has 0 aromatic heterocycles. The molecule has 1 aromatic carbocycles. The fraction of sp³-hybridized carbons (Fsp3) is 0.455. The van der Waals surface area contributed by atoms with Crippen molar-refractivity contribution < 1.29 is 4.74 Å². The number of nitrogen functional groups attached to an aromatic ring is 1. The van der Waals surface area contributed by atoms with E-state index in [0.29, 0.717) is 6.10 Å². The summed E-state index contributed by atoms with van der Waals surface area (Å²) in [6.07, 6.45) is 3.64. The van der Waals surface area contributed by atoms with E-state index in [1.165, 1.54) is 5.56 Å². The molecule has 1 atom stereocenters. The van der Waals surface area contributed by atoms with Gasteiger partial charge in [-0.05, 0) is 30.9 Å². The second-order valence-corrected chi connectivity index (χ2v) is 3.52. The molecule has 1 aliphatic heterocycles. The third-order valence-electron chi connectivity index (χ3n) is 2.60. The second-order valence-electron chi connectivity index (χ2n) is 3.52. The van der Waals surface area contributed by atoms with Gasteiger partial charge in [-0.3, -0.25) is 0 Å². The van der Waals surface area contributed by atoms with Crippen molar-refractivity contribution >= 4 is 5.69 Å². The molecule has 2 N–H and O–H groups in total. The zero-order chi connectivity index (χ0) is 9.26. The highest BCUT2D eigenvalue weighted by molar-refractivity contribution is 5.57. The Hall–Kier alpha value is -1.18. The van der Waals surface area contributed by atoms with Gasteiger partial charge in [0.2, 0.25) is 0 Å². The molecule has 0 amide bonds. The van der Waals surface area contributed by atoms with E-state index in [1.807, 2.05) is 12.1 Å². The molecular formula is C11H15NO. The maximum absolute atomic E-state index is 5.83. The molecule has 0 fully saturated rings. The summed E-state index contributed by atoms with van der Waals surface area (Å²) in [4.78, 5) is 0. The van der Waals surface area contributed by atoms with Crippen LogP contribution in [0, 0.1) is 0 Å². The van der Waals surface area contributed by atoms with Crippen molar-refractivity contribution in [3.8, 4) is 5.75 Å².